The van der Waals surface area contributed by atoms with Crippen LogP contribution in [0.1, 0.15) is 30.4 Å². The molecule has 0 spiro atoms. The number of morpholine rings is 1. The fourth-order valence-electron chi connectivity index (χ4n) is 4.50. The monoisotopic (exact) mass is 438 g/mol. The van der Waals surface area contributed by atoms with Crippen LogP contribution < -0.4 is 5.32 Å². The van der Waals surface area contributed by atoms with Crippen molar-refractivity contribution in [2.24, 2.45) is 0 Å². The van der Waals surface area contributed by atoms with Crippen LogP contribution in [0.3, 0.4) is 0 Å². The summed E-state index contributed by atoms with van der Waals surface area (Å²) in [5.74, 6) is -1.48. The molecule has 1 saturated heterocycles. The summed E-state index contributed by atoms with van der Waals surface area (Å²) in [5.41, 5.74) is 4.54. The van der Waals surface area contributed by atoms with Crippen LogP contribution >= 0.6 is 0 Å². The molecule has 2 amide bonds. The Bertz CT molecular complexity index is 978. The number of fused-ring (bicyclic) bond motifs is 3. The van der Waals surface area contributed by atoms with Crippen LogP contribution in [0.2, 0.25) is 0 Å². The van der Waals surface area contributed by atoms with Gasteiger partial charge in [0.05, 0.1) is 12.7 Å². The summed E-state index contributed by atoms with van der Waals surface area (Å²) in [6.07, 6.45) is -1.20. The number of ether oxygens (including phenoxy) is 2. The summed E-state index contributed by atoms with van der Waals surface area (Å²) < 4.78 is 10.8. The molecule has 2 aromatic carbocycles. The maximum atomic E-state index is 12.5. The highest BCUT2D eigenvalue weighted by atomic mass is 16.5. The van der Waals surface area contributed by atoms with E-state index < -0.39 is 24.2 Å². The second kappa shape index (κ2) is 9.40. The van der Waals surface area contributed by atoms with Crippen LogP contribution in [0.15, 0.2) is 48.5 Å². The van der Waals surface area contributed by atoms with Gasteiger partial charge in [-0.25, -0.2) is 9.59 Å². The molecule has 0 radical (unpaired) electrons. The van der Waals surface area contributed by atoms with Gasteiger partial charge in [0.2, 0.25) is 5.91 Å². The quantitative estimate of drug-likeness (QED) is 0.718. The van der Waals surface area contributed by atoms with Crippen molar-refractivity contribution in [3.05, 3.63) is 59.7 Å². The number of benzene rings is 2. The van der Waals surface area contributed by atoms with Gasteiger partial charge in [-0.3, -0.25) is 4.79 Å². The van der Waals surface area contributed by atoms with E-state index in [0.717, 1.165) is 22.3 Å². The first-order valence-electron chi connectivity index (χ1n) is 10.7. The molecule has 2 N–H and O–H groups in total. The van der Waals surface area contributed by atoms with E-state index >= 15 is 0 Å². The summed E-state index contributed by atoms with van der Waals surface area (Å²) in [7, 11) is 0. The van der Waals surface area contributed by atoms with E-state index in [0.29, 0.717) is 0 Å². The summed E-state index contributed by atoms with van der Waals surface area (Å²) in [5, 5.41) is 12.0. The average molecular weight is 438 g/mol. The Hall–Kier alpha value is -3.39. The highest BCUT2D eigenvalue weighted by Crippen LogP contribution is 2.44. The van der Waals surface area contributed by atoms with Crippen LogP contribution in [0, 0.1) is 0 Å². The van der Waals surface area contributed by atoms with Gasteiger partial charge >= 0.3 is 12.1 Å². The van der Waals surface area contributed by atoms with Crippen LogP contribution in [0.4, 0.5) is 4.79 Å². The first kappa shape index (κ1) is 21.8. The van der Waals surface area contributed by atoms with Crippen molar-refractivity contribution >= 4 is 18.0 Å². The number of hydrogen-bond acceptors (Lipinski definition) is 5. The SMILES string of the molecule is CC1OCCN(C(=O)CCNC(=O)OCC2c3ccccc3-c3ccccc32)C1C(=O)O. The lowest BCUT2D eigenvalue weighted by Gasteiger charge is -2.37. The number of carboxylic acids is 1. The van der Waals surface area contributed by atoms with Gasteiger partial charge < -0.3 is 24.8 Å². The molecule has 32 heavy (non-hydrogen) atoms. The van der Waals surface area contributed by atoms with Crippen LogP contribution in [0.5, 0.6) is 0 Å². The third kappa shape index (κ3) is 4.31. The molecule has 2 atom stereocenters. The number of amides is 2. The molecular weight excluding hydrogens is 412 g/mol. The summed E-state index contributed by atoms with van der Waals surface area (Å²) in [6.45, 7) is 2.39. The van der Waals surface area contributed by atoms with E-state index in [1.807, 2.05) is 36.4 Å². The number of aliphatic carboxylic acids is 1. The van der Waals surface area contributed by atoms with E-state index in [4.69, 9.17) is 9.47 Å². The zero-order chi connectivity index (χ0) is 22.7. The standard InChI is InChI=1S/C24H26N2O6/c1-15-22(23(28)29)26(12-13-31-15)21(27)10-11-25-24(30)32-14-20-18-8-4-2-6-16(18)17-7-3-5-9-19(17)20/h2-9,15,20,22H,10-14H2,1H3,(H,25,30)(H,28,29). The van der Waals surface area contributed by atoms with Crippen molar-refractivity contribution in [3.8, 4) is 11.1 Å². The molecule has 2 aromatic rings. The third-order valence-corrected chi connectivity index (χ3v) is 6.02. The Morgan fingerprint density at radius 2 is 1.72 bits per heavy atom. The van der Waals surface area contributed by atoms with E-state index in [-0.39, 0.29) is 44.5 Å². The number of carbonyl (C=O) groups is 3. The fourth-order valence-corrected chi connectivity index (χ4v) is 4.50. The number of nitrogens with one attached hydrogen (secondary N) is 1. The predicted molar refractivity (Wildman–Crippen MR) is 116 cm³/mol. The van der Waals surface area contributed by atoms with Crippen molar-refractivity contribution < 1.29 is 29.0 Å². The van der Waals surface area contributed by atoms with Gasteiger partial charge in [0.15, 0.2) is 6.04 Å². The van der Waals surface area contributed by atoms with Crippen LogP contribution in [0.25, 0.3) is 11.1 Å². The minimum atomic E-state index is -1.10. The van der Waals surface area contributed by atoms with Crippen molar-refractivity contribution in [3.63, 3.8) is 0 Å². The van der Waals surface area contributed by atoms with Crippen LogP contribution in [-0.2, 0) is 19.1 Å². The number of nitrogens with zero attached hydrogens (tertiary/aromatic N) is 1. The highest BCUT2D eigenvalue weighted by molar-refractivity contribution is 5.84. The number of rotatable bonds is 6. The van der Waals surface area contributed by atoms with Gasteiger partial charge in [-0.05, 0) is 29.2 Å². The van der Waals surface area contributed by atoms with Gasteiger partial charge in [0.1, 0.15) is 6.61 Å². The second-order valence-electron chi connectivity index (χ2n) is 7.95. The van der Waals surface area contributed by atoms with Gasteiger partial charge in [0.25, 0.3) is 0 Å². The van der Waals surface area contributed by atoms with E-state index in [1.165, 1.54) is 4.90 Å². The average Bonchev–Trinajstić information content (AvgIpc) is 3.11. The lowest BCUT2D eigenvalue weighted by Crippen LogP contribution is -2.56. The highest BCUT2D eigenvalue weighted by Gasteiger charge is 2.37. The second-order valence-corrected chi connectivity index (χ2v) is 7.95. The molecule has 1 fully saturated rings. The van der Waals surface area contributed by atoms with Gasteiger partial charge in [-0.1, -0.05) is 48.5 Å². The van der Waals surface area contributed by atoms with E-state index in [9.17, 15) is 19.5 Å². The molecule has 0 saturated carbocycles. The zero-order valence-electron chi connectivity index (χ0n) is 17.8. The fraction of sp³-hybridized carbons (Fsp3) is 0.375. The molecule has 2 unspecified atom stereocenters. The molecule has 0 aromatic heterocycles. The van der Waals surface area contributed by atoms with E-state index in [2.05, 4.69) is 17.4 Å². The lowest BCUT2D eigenvalue weighted by molar-refractivity contribution is -0.164. The Morgan fingerprint density at radius 3 is 2.34 bits per heavy atom. The number of carbonyl (C=O) groups excluding carboxylic acids is 2. The van der Waals surface area contributed by atoms with Crippen molar-refractivity contribution in [1.29, 1.82) is 0 Å². The van der Waals surface area contributed by atoms with Crippen molar-refractivity contribution in [2.75, 3.05) is 26.3 Å². The molecule has 168 valence electrons. The van der Waals surface area contributed by atoms with Gasteiger partial charge in [-0.15, -0.1) is 0 Å². The smallest absolute Gasteiger partial charge is 0.407 e. The molecule has 8 heteroatoms. The molecule has 1 aliphatic heterocycles. The molecule has 4 rings (SSSR count). The topological polar surface area (TPSA) is 105 Å². The summed E-state index contributed by atoms with van der Waals surface area (Å²) in [4.78, 5) is 37.5. The Morgan fingerprint density at radius 1 is 1.09 bits per heavy atom. The number of hydrogen-bond donors (Lipinski definition) is 2. The first-order valence-corrected chi connectivity index (χ1v) is 10.7. The zero-order valence-corrected chi connectivity index (χ0v) is 17.8. The molecule has 2 aliphatic rings. The predicted octanol–water partition coefficient (Wildman–Crippen LogP) is 2.62. The molecule has 1 aliphatic carbocycles. The maximum absolute atomic E-state index is 12.5. The Balaban J connectivity index is 1.29. The minimum absolute atomic E-state index is 0.0132. The summed E-state index contributed by atoms with van der Waals surface area (Å²) in [6, 6.07) is 15.1. The van der Waals surface area contributed by atoms with Gasteiger partial charge in [-0.2, -0.15) is 0 Å². The molecule has 0 bridgehead atoms. The summed E-state index contributed by atoms with van der Waals surface area (Å²) >= 11 is 0. The third-order valence-electron chi connectivity index (χ3n) is 6.02. The minimum Gasteiger partial charge on any atom is -0.480 e. The molecule has 1 heterocycles. The Labute approximate surface area is 186 Å². The largest absolute Gasteiger partial charge is 0.480 e. The van der Waals surface area contributed by atoms with Crippen LogP contribution in [-0.4, -0.2) is 66.4 Å². The molecule has 8 nitrogen and oxygen atoms in total. The van der Waals surface area contributed by atoms with Crippen molar-refractivity contribution in [2.45, 2.75) is 31.4 Å². The Kier molecular flexibility index (Phi) is 6.41. The first-order chi connectivity index (χ1) is 15.5. The number of carboxylic acid groups (broad SMARTS) is 1. The number of alkyl carbamates (subject to hydrolysis) is 1. The van der Waals surface area contributed by atoms with Gasteiger partial charge in [0, 0.05) is 25.4 Å². The lowest BCUT2D eigenvalue weighted by atomic mass is 9.98. The normalized spacial score (nSPS) is 19.7. The van der Waals surface area contributed by atoms with E-state index in [1.54, 1.807) is 6.92 Å². The maximum Gasteiger partial charge on any atom is 0.407 e. The molecular formula is C24H26N2O6. The van der Waals surface area contributed by atoms with Crippen molar-refractivity contribution in [1.82, 2.24) is 10.2 Å².